The van der Waals surface area contributed by atoms with Crippen LogP contribution in [0.25, 0.3) is 6.08 Å². The molecule has 2 amide bonds. The summed E-state index contributed by atoms with van der Waals surface area (Å²) >= 11 is 6.07. The van der Waals surface area contributed by atoms with Crippen LogP contribution in [0.1, 0.15) is 45.7 Å². The molecule has 2 N–H and O–H groups in total. The van der Waals surface area contributed by atoms with E-state index in [9.17, 15) is 14.4 Å². The highest BCUT2D eigenvalue weighted by atomic mass is 35.5. The smallest absolute Gasteiger partial charge is 0.345 e. The Bertz CT molecular complexity index is 1610. The fourth-order valence-corrected chi connectivity index (χ4v) is 4.33. The molecule has 43 heavy (non-hydrogen) atoms. The summed E-state index contributed by atoms with van der Waals surface area (Å²) in [5, 5.41) is 7.05. The van der Waals surface area contributed by atoms with E-state index in [1.165, 1.54) is 6.21 Å². The number of halogens is 1. The number of nitrogens with zero attached hydrogens (tertiary/aromatic N) is 2. The van der Waals surface area contributed by atoms with E-state index in [4.69, 9.17) is 16.3 Å². The summed E-state index contributed by atoms with van der Waals surface area (Å²) < 4.78 is 5.39. The van der Waals surface area contributed by atoms with Gasteiger partial charge in [0.2, 0.25) is 0 Å². The Balaban J connectivity index is 1.45. The van der Waals surface area contributed by atoms with Gasteiger partial charge in [0.1, 0.15) is 11.4 Å². The van der Waals surface area contributed by atoms with E-state index in [-0.39, 0.29) is 11.3 Å². The first-order valence-corrected chi connectivity index (χ1v) is 14.1. The number of esters is 1. The second kappa shape index (κ2) is 15.1. The monoisotopic (exact) mass is 594 g/mol. The molecule has 8 nitrogen and oxygen atoms in total. The van der Waals surface area contributed by atoms with E-state index in [0.717, 1.165) is 24.3 Å². The van der Waals surface area contributed by atoms with Crippen molar-refractivity contribution in [3.05, 3.63) is 136 Å². The highest BCUT2D eigenvalue weighted by Crippen LogP contribution is 2.19. The third kappa shape index (κ3) is 8.64. The Morgan fingerprint density at radius 1 is 0.814 bits per heavy atom. The predicted molar refractivity (Wildman–Crippen MR) is 170 cm³/mol. The number of benzene rings is 4. The highest BCUT2D eigenvalue weighted by Gasteiger charge is 2.15. The quantitative estimate of drug-likeness (QED) is 0.0695. The number of anilines is 1. The third-order valence-corrected chi connectivity index (χ3v) is 6.76. The summed E-state index contributed by atoms with van der Waals surface area (Å²) in [6.45, 7) is 5.93. The summed E-state index contributed by atoms with van der Waals surface area (Å²) in [5.74, 6) is -1.27. The van der Waals surface area contributed by atoms with Gasteiger partial charge in [0, 0.05) is 24.3 Å². The number of nitrogens with one attached hydrogen (secondary N) is 2. The van der Waals surface area contributed by atoms with Gasteiger partial charge in [-0.1, -0.05) is 54.1 Å². The van der Waals surface area contributed by atoms with E-state index >= 15 is 0 Å². The first-order valence-electron chi connectivity index (χ1n) is 13.7. The van der Waals surface area contributed by atoms with E-state index in [1.54, 1.807) is 78.9 Å². The fourth-order valence-electron chi connectivity index (χ4n) is 4.12. The van der Waals surface area contributed by atoms with Gasteiger partial charge in [0.15, 0.2) is 0 Å². The van der Waals surface area contributed by atoms with Crippen molar-refractivity contribution in [2.45, 2.75) is 13.8 Å². The van der Waals surface area contributed by atoms with Crippen LogP contribution in [0.15, 0.2) is 114 Å². The largest absolute Gasteiger partial charge is 0.423 e. The minimum atomic E-state index is -0.598. The summed E-state index contributed by atoms with van der Waals surface area (Å²) in [6, 6.07) is 29.5. The molecule has 4 rings (SSSR count). The second-order valence-corrected chi connectivity index (χ2v) is 9.69. The predicted octanol–water partition coefficient (Wildman–Crippen LogP) is 6.33. The van der Waals surface area contributed by atoms with E-state index in [2.05, 4.69) is 34.6 Å². The lowest BCUT2D eigenvalue weighted by molar-refractivity contribution is -0.117. The zero-order valence-electron chi connectivity index (χ0n) is 23.8. The van der Waals surface area contributed by atoms with Gasteiger partial charge in [-0.3, -0.25) is 9.59 Å². The highest BCUT2D eigenvalue weighted by molar-refractivity contribution is 6.33. The van der Waals surface area contributed by atoms with E-state index in [0.29, 0.717) is 21.9 Å². The van der Waals surface area contributed by atoms with Gasteiger partial charge in [-0.05, 0) is 91.7 Å². The Hall–Kier alpha value is -5.21. The van der Waals surface area contributed by atoms with Crippen molar-refractivity contribution in [2.75, 3.05) is 18.0 Å². The lowest BCUT2D eigenvalue weighted by atomic mass is 10.1. The summed E-state index contributed by atoms with van der Waals surface area (Å²) in [6.07, 6.45) is 3.03. The molecule has 0 saturated heterocycles. The number of amides is 2. The molecular formula is C34H31ClN4O4. The van der Waals surface area contributed by atoms with Crippen molar-refractivity contribution in [1.82, 2.24) is 10.7 Å². The molecule has 0 atom stereocenters. The third-order valence-electron chi connectivity index (χ3n) is 6.43. The average Bonchev–Trinajstić information content (AvgIpc) is 3.03. The first kappa shape index (κ1) is 30.7. The van der Waals surface area contributed by atoms with Crippen LogP contribution in [-0.2, 0) is 4.79 Å². The maximum Gasteiger partial charge on any atom is 0.345 e. The first-order chi connectivity index (χ1) is 20.9. The van der Waals surface area contributed by atoms with Crippen LogP contribution in [0.2, 0.25) is 5.02 Å². The van der Waals surface area contributed by atoms with Crippen molar-refractivity contribution in [3.63, 3.8) is 0 Å². The lowest BCUT2D eigenvalue weighted by Gasteiger charge is -2.20. The minimum absolute atomic E-state index is 0.0309. The number of hydrogen-bond acceptors (Lipinski definition) is 6. The van der Waals surface area contributed by atoms with Gasteiger partial charge in [0.05, 0.1) is 16.8 Å². The molecule has 4 aromatic rings. The zero-order chi connectivity index (χ0) is 30.6. The maximum absolute atomic E-state index is 13.1. The van der Waals surface area contributed by atoms with Crippen LogP contribution in [0.4, 0.5) is 5.69 Å². The molecule has 4 aromatic carbocycles. The Morgan fingerprint density at radius 3 is 2.09 bits per heavy atom. The maximum atomic E-state index is 13.1. The number of carbonyl (C=O) groups excluding carboxylic acids is 3. The van der Waals surface area contributed by atoms with E-state index < -0.39 is 17.8 Å². The topological polar surface area (TPSA) is 100 Å². The van der Waals surface area contributed by atoms with Gasteiger partial charge in [0.25, 0.3) is 11.8 Å². The van der Waals surface area contributed by atoms with Gasteiger partial charge in [-0.2, -0.15) is 5.10 Å². The molecule has 0 heterocycles. The van der Waals surface area contributed by atoms with Gasteiger partial charge in [-0.25, -0.2) is 10.2 Å². The lowest BCUT2D eigenvalue weighted by Crippen LogP contribution is -2.32. The van der Waals surface area contributed by atoms with Crippen molar-refractivity contribution < 1.29 is 19.1 Å². The SMILES string of the molecule is CCN(CC)c1ccc(C=C(NC(=O)c2ccccc2)C(=O)NN=Cc2ccc(OC(=O)c3ccccc3Cl)cc2)cc1. The molecule has 0 spiro atoms. The van der Waals surface area contributed by atoms with Crippen LogP contribution in [0.3, 0.4) is 0 Å². The van der Waals surface area contributed by atoms with Crippen LogP contribution >= 0.6 is 11.6 Å². The average molecular weight is 595 g/mol. The summed E-state index contributed by atoms with van der Waals surface area (Å²) in [7, 11) is 0. The molecule has 9 heteroatoms. The van der Waals surface area contributed by atoms with Crippen molar-refractivity contribution in [3.8, 4) is 5.75 Å². The molecular weight excluding hydrogens is 564 g/mol. The van der Waals surface area contributed by atoms with Crippen molar-refractivity contribution in [2.24, 2.45) is 5.10 Å². The molecule has 0 aliphatic rings. The molecule has 0 saturated carbocycles. The zero-order valence-corrected chi connectivity index (χ0v) is 24.5. The normalized spacial score (nSPS) is 11.2. The van der Waals surface area contributed by atoms with Crippen molar-refractivity contribution in [1.29, 1.82) is 0 Å². The number of hydrazone groups is 1. The molecule has 0 unspecified atom stereocenters. The van der Waals surface area contributed by atoms with Gasteiger partial charge < -0.3 is 15.0 Å². The molecule has 0 aromatic heterocycles. The standard InChI is InChI=1S/C34H31ClN4O4/c1-3-39(4-2)27-18-14-24(15-19-27)22-31(37-32(40)26-10-6-5-7-11-26)33(41)38-36-23-25-16-20-28(21-17-25)43-34(42)29-12-8-9-13-30(29)35/h5-23H,3-4H2,1-2H3,(H,37,40)(H,38,41). The summed E-state index contributed by atoms with van der Waals surface area (Å²) in [5.41, 5.74) is 5.62. The van der Waals surface area contributed by atoms with Gasteiger partial charge in [-0.15, -0.1) is 0 Å². The Morgan fingerprint density at radius 2 is 1.44 bits per heavy atom. The number of carbonyl (C=O) groups is 3. The van der Waals surface area contributed by atoms with Crippen LogP contribution in [-0.4, -0.2) is 37.1 Å². The second-order valence-electron chi connectivity index (χ2n) is 9.28. The number of rotatable bonds is 11. The molecule has 0 fully saturated rings. The minimum Gasteiger partial charge on any atom is -0.423 e. The van der Waals surface area contributed by atoms with Crippen LogP contribution < -0.4 is 20.4 Å². The molecule has 0 radical (unpaired) electrons. The Kier molecular flexibility index (Phi) is 10.8. The molecule has 0 bridgehead atoms. The molecule has 0 aliphatic heterocycles. The van der Waals surface area contributed by atoms with Crippen molar-refractivity contribution >= 4 is 47.4 Å². The number of hydrogen-bond donors (Lipinski definition) is 2. The van der Waals surface area contributed by atoms with Crippen LogP contribution in [0, 0.1) is 0 Å². The molecule has 218 valence electrons. The fraction of sp³-hybridized carbons (Fsp3) is 0.118. The van der Waals surface area contributed by atoms with E-state index in [1.807, 2.05) is 30.3 Å². The van der Waals surface area contributed by atoms with Gasteiger partial charge >= 0.3 is 5.97 Å². The summed E-state index contributed by atoms with van der Waals surface area (Å²) in [4.78, 5) is 40.6. The van der Waals surface area contributed by atoms with Crippen LogP contribution in [0.5, 0.6) is 5.75 Å². The number of ether oxygens (including phenoxy) is 1. The molecule has 0 aliphatic carbocycles. The Labute approximate surface area is 255 Å².